The first-order valence-electron chi connectivity index (χ1n) is 7.31. The first-order valence-corrected chi connectivity index (χ1v) is 7.68. The van der Waals surface area contributed by atoms with E-state index in [0.29, 0.717) is 24.6 Å². The van der Waals surface area contributed by atoms with Crippen LogP contribution in [0.2, 0.25) is 5.02 Å². The second-order valence-corrected chi connectivity index (χ2v) is 6.04. The minimum atomic E-state index is -0.189. The summed E-state index contributed by atoms with van der Waals surface area (Å²) >= 11 is 6.00. The largest absolute Gasteiger partial charge is 0.492 e. The Labute approximate surface area is 134 Å². The summed E-state index contributed by atoms with van der Waals surface area (Å²) in [5.41, 5.74) is 0.985. The Bertz CT molecular complexity index is 657. The van der Waals surface area contributed by atoms with E-state index in [9.17, 15) is 4.79 Å². The van der Waals surface area contributed by atoms with Crippen LogP contribution >= 0.6 is 11.6 Å². The Balaban J connectivity index is 1.59. The van der Waals surface area contributed by atoms with E-state index >= 15 is 0 Å². The van der Waals surface area contributed by atoms with Gasteiger partial charge in [0.05, 0.1) is 12.5 Å². The Morgan fingerprint density at radius 1 is 1.59 bits per heavy atom. The molecule has 22 heavy (non-hydrogen) atoms. The summed E-state index contributed by atoms with van der Waals surface area (Å²) in [4.78, 5) is 12.4. The molecular formula is C16H18ClN3O2. The van der Waals surface area contributed by atoms with Crippen molar-refractivity contribution in [3.05, 3.63) is 47.2 Å². The molecule has 2 atom stereocenters. The van der Waals surface area contributed by atoms with E-state index in [4.69, 9.17) is 16.3 Å². The highest BCUT2D eigenvalue weighted by Gasteiger charge is 2.27. The average Bonchev–Trinajstić information content (AvgIpc) is 2.99. The van der Waals surface area contributed by atoms with Gasteiger partial charge in [-0.15, -0.1) is 0 Å². The molecule has 1 aliphatic rings. The number of benzene rings is 1. The molecule has 0 radical (unpaired) electrons. The van der Waals surface area contributed by atoms with Crippen molar-refractivity contribution in [1.82, 2.24) is 15.1 Å². The number of aromatic nitrogens is 2. The zero-order chi connectivity index (χ0) is 15.5. The first-order chi connectivity index (χ1) is 10.6. The van der Waals surface area contributed by atoms with Gasteiger partial charge >= 0.3 is 0 Å². The minimum Gasteiger partial charge on any atom is -0.492 e. The lowest BCUT2D eigenvalue weighted by atomic mass is 9.96. The van der Waals surface area contributed by atoms with Crippen molar-refractivity contribution < 1.29 is 9.53 Å². The average molecular weight is 320 g/mol. The predicted molar refractivity (Wildman–Crippen MR) is 84.0 cm³/mol. The molecular weight excluding hydrogens is 302 g/mol. The summed E-state index contributed by atoms with van der Waals surface area (Å²) in [5.74, 6) is 0.634. The molecule has 1 aliphatic heterocycles. The topological polar surface area (TPSA) is 56.2 Å². The van der Waals surface area contributed by atoms with Gasteiger partial charge in [-0.25, -0.2) is 0 Å². The molecule has 1 aromatic heterocycles. The van der Waals surface area contributed by atoms with Crippen molar-refractivity contribution in [3.8, 4) is 5.75 Å². The number of ether oxygens (including phenoxy) is 1. The van der Waals surface area contributed by atoms with E-state index in [0.717, 1.165) is 11.3 Å². The third-order valence-corrected chi connectivity index (χ3v) is 3.94. The van der Waals surface area contributed by atoms with Crippen molar-refractivity contribution >= 4 is 17.5 Å². The minimum absolute atomic E-state index is 0.00489. The maximum atomic E-state index is 12.4. The number of carbonyl (C=O) groups is 1. The molecule has 0 aliphatic carbocycles. The Morgan fingerprint density at radius 3 is 3.23 bits per heavy atom. The zero-order valence-corrected chi connectivity index (χ0v) is 13.1. The molecule has 0 spiro atoms. The van der Waals surface area contributed by atoms with Gasteiger partial charge in [0, 0.05) is 23.5 Å². The fraction of sp³-hybridized carbons (Fsp3) is 0.375. The summed E-state index contributed by atoms with van der Waals surface area (Å²) in [6, 6.07) is 7.39. The van der Waals surface area contributed by atoms with Gasteiger partial charge in [0.1, 0.15) is 12.4 Å². The zero-order valence-electron chi connectivity index (χ0n) is 12.3. The molecule has 2 heterocycles. The smallest absolute Gasteiger partial charge is 0.227 e. The highest BCUT2D eigenvalue weighted by atomic mass is 35.5. The van der Waals surface area contributed by atoms with Gasteiger partial charge in [0.2, 0.25) is 5.91 Å². The predicted octanol–water partition coefficient (Wildman–Crippen LogP) is 2.29. The van der Waals surface area contributed by atoms with Crippen LogP contribution in [0.5, 0.6) is 5.75 Å². The number of amides is 1. The number of hydrogen-bond donors (Lipinski definition) is 1. The van der Waals surface area contributed by atoms with Crippen LogP contribution in [0.15, 0.2) is 36.7 Å². The molecule has 0 saturated heterocycles. The fourth-order valence-corrected chi connectivity index (χ4v) is 2.82. The van der Waals surface area contributed by atoms with Crippen LogP contribution in [0.1, 0.15) is 12.5 Å². The van der Waals surface area contributed by atoms with Crippen LogP contribution in [0.4, 0.5) is 0 Å². The molecule has 1 N–H and O–H groups in total. The number of nitrogens with zero attached hydrogens (tertiary/aromatic N) is 2. The first kappa shape index (κ1) is 14.9. The lowest BCUT2D eigenvalue weighted by molar-refractivity contribution is -0.127. The van der Waals surface area contributed by atoms with Crippen LogP contribution in [0.3, 0.4) is 0 Å². The van der Waals surface area contributed by atoms with Crippen LogP contribution in [-0.2, 0) is 17.8 Å². The van der Waals surface area contributed by atoms with E-state index in [1.165, 1.54) is 0 Å². The van der Waals surface area contributed by atoms with E-state index in [1.54, 1.807) is 16.9 Å². The molecule has 5 nitrogen and oxygen atoms in total. The third kappa shape index (κ3) is 3.42. The summed E-state index contributed by atoms with van der Waals surface area (Å²) in [6.07, 6.45) is 4.25. The Morgan fingerprint density at radius 2 is 2.45 bits per heavy atom. The molecule has 2 unspecified atom stereocenters. The van der Waals surface area contributed by atoms with E-state index in [-0.39, 0.29) is 17.9 Å². The second-order valence-electron chi connectivity index (χ2n) is 5.60. The molecule has 0 bridgehead atoms. The van der Waals surface area contributed by atoms with Crippen LogP contribution in [0.25, 0.3) is 0 Å². The molecule has 6 heteroatoms. The van der Waals surface area contributed by atoms with Crippen molar-refractivity contribution in [2.24, 2.45) is 5.92 Å². The number of carbonyl (C=O) groups excluding carboxylic acids is 1. The van der Waals surface area contributed by atoms with Crippen molar-refractivity contribution in [2.45, 2.75) is 25.9 Å². The Kier molecular flexibility index (Phi) is 4.34. The monoisotopic (exact) mass is 319 g/mol. The van der Waals surface area contributed by atoms with Crippen molar-refractivity contribution in [3.63, 3.8) is 0 Å². The van der Waals surface area contributed by atoms with Crippen molar-refractivity contribution in [1.29, 1.82) is 0 Å². The molecule has 3 rings (SSSR count). The normalized spacial score (nSPS) is 18.2. The van der Waals surface area contributed by atoms with Crippen LogP contribution in [-0.4, -0.2) is 28.3 Å². The maximum absolute atomic E-state index is 12.4. The molecule has 0 saturated carbocycles. The Hall–Kier alpha value is -2.01. The molecule has 2 aromatic rings. The van der Waals surface area contributed by atoms with Gasteiger partial charge in [-0.2, -0.15) is 5.10 Å². The van der Waals surface area contributed by atoms with E-state index in [2.05, 4.69) is 10.4 Å². The molecule has 1 aromatic carbocycles. The van der Waals surface area contributed by atoms with Gasteiger partial charge in [-0.1, -0.05) is 11.6 Å². The highest BCUT2D eigenvalue weighted by molar-refractivity contribution is 6.30. The van der Waals surface area contributed by atoms with Gasteiger partial charge in [-0.05, 0) is 43.2 Å². The number of rotatable bonds is 4. The molecule has 1 amide bonds. The van der Waals surface area contributed by atoms with Gasteiger partial charge < -0.3 is 10.1 Å². The summed E-state index contributed by atoms with van der Waals surface area (Å²) in [5, 5.41) is 7.82. The van der Waals surface area contributed by atoms with Gasteiger partial charge in [0.25, 0.3) is 0 Å². The maximum Gasteiger partial charge on any atom is 0.227 e. The van der Waals surface area contributed by atoms with E-state index < -0.39 is 0 Å². The lowest BCUT2D eigenvalue weighted by Gasteiger charge is -2.26. The molecule has 116 valence electrons. The quantitative estimate of drug-likeness (QED) is 0.940. The van der Waals surface area contributed by atoms with Crippen LogP contribution < -0.4 is 10.1 Å². The fourth-order valence-electron chi connectivity index (χ4n) is 2.63. The summed E-state index contributed by atoms with van der Waals surface area (Å²) < 4.78 is 7.47. The highest BCUT2D eigenvalue weighted by Crippen LogP contribution is 2.29. The third-order valence-electron chi connectivity index (χ3n) is 3.71. The number of fused-ring (bicyclic) bond motifs is 1. The number of halogens is 1. The van der Waals surface area contributed by atoms with E-state index in [1.807, 2.05) is 31.3 Å². The second kappa shape index (κ2) is 6.40. The van der Waals surface area contributed by atoms with Crippen LogP contribution in [0, 0.1) is 5.92 Å². The number of hydrogen-bond acceptors (Lipinski definition) is 3. The van der Waals surface area contributed by atoms with Crippen molar-refractivity contribution in [2.75, 3.05) is 6.61 Å². The SMILES string of the molecule is CC(Cn1cccn1)NC(=O)C1COc2ccc(Cl)cc2C1. The summed E-state index contributed by atoms with van der Waals surface area (Å²) in [7, 11) is 0. The standard InChI is InChI=1S/C16H18ClN3O2/c1-11(9-20-6-2-5-18-20)19-16(21)13-7-12-8-14(17)3-4-15(12)22-10-13/h2-6,8,11,13H,7,9-10H2,1H3,(H,19,21). The lowest BCUT2D eigenvalue weighted by Crippen LogP contribution is -2.43. The van der Waals surface area contributed by atoms with Gasteiger partial charge in [-0.3, -0.25) is 9.48 Å². The molecule has 0 fully saturated rings. The summed E-state index contributed by atoms with van der Waals surface area (Å²) in [6.45, 7) is 3.01. The number of nitrogens with one attached hydrogen (secondary N) is 1. The van der Waals surface area contributed by atoms with Gasteiger partial charge in [0.15, 0.2) is 0 Å².